The summed E-state index contributed by atoms with van der Waals surface area (Å²) in [5.41, 5.74) is 6.53. The Labute approximate surface area is 201 Å². The van der Waals surface area contributed by atoms with Gasteiger partial charge in [0.05, 0.1) is 0 Å². The number of urea groups is 2. The van der Waals surface area contributed by atoms with Crippen LogP contribution in [-0.2, 0) is 4.79 Å². The minimum atomic E-state index is -1.22. The third kappa shape index (κ3) is 6.04. The van der Waals surface area contributed by atoms with Gasteiger partial charge < -0.3 is 21.7 Å². The lowest BCUT2D eigenvalue weighted by molar-refractivity contribution is -0.128. The fraction of sp³-hybridized carbons (Fsp3) is 0.375. The van der Waals surface area contributed by atoms with Crippen LogP contribution in [-0.4, -0.2) is 59.1 Å². The molecule has 0 aromatic heterocycles. The SMILES string of the molecule is NC1CCC(NC(=O)C2N(C(=O)Nc3ccc(F)cc3)CCN2C(=O)Nc2cccc(F)c2)CC1. The van der Waals surface area contributed by atoms with E-state index in [1.165, 1.54) is 52.3 Å². The second-order valence-corrected chi connectivity index (χ2v) is 8.76. The van der Waals surface area contributed by atoms with Gasteiger partial charge in [0.15, 0.2) is 6.17 Å². The summed E-state index contributed by atoms with van der Waals surface area (Å²) in [6.45, 7) is 0.183. The van der Waals surface area contributed by atoms with Crippen molar-refractivity contribution in [2.24, 2.45) is 5.73 Å². The number of benzene rings is 2. The number of hydrogen-bond donors (Lipinski definition) is 4. The Balaban J connectivity index is 1.51. The van der Waals surface area contributed by atoms with Crippen molar-refractivity contribution in [1.29, 1.82) is 0 Å². The molecule has 1 saturated heterocycles. The third-order valence-corrected chi connectivity index (χ3v) is 6.22. The number of rotatable bonds is 4. The summed E-state index contributed by atoms with van der Waals surface area (Å²) in [7, 11) is 0. The zero-order valence-corrected chi connectivity index (χ0v) is 19.0. The average molecular weight is 487 g/mol. The monoisotopic (exact) mass is 486 g/mol. The quantitative estimate of drug-likeness (QED) is 0.531. The maximum absolute atomic E-state index is 13.6. The molecule has 1 unspecified atom stereocenters. The van der Waals surface area contributed by atoms with E-state index in [9.17, 15) is 23.2 Å². The van der Waals surface area contributed by atoms with E-state index in [1.54, 1.807) is 0 Å². The lowest BCUT2D eigenvalue weighted by Gasteiger charge is -2.32. The van der Waals surface area contributed by atoms with Crippen LogP contribution in [0, 0.1) is 11.6 Å². The van der Waals surface area contributed by atoms with Gasteiger partial charge in [0, 0.05) is 36.5 Å². The fourth-order valence-corrected chi connectivity index (χ4v) is 4.37. The Hall–Kier alpha value is -3.73. The molecule has 2 aromatic carbocycles. The van der Waals surface area contributed by atoms with E-state index >= 15 is 0 Å². The maximum atomic E-state index is 13.6. The predicted octanol–water partition coefficient (Wildman–Crippen LogP) is 3.06. The van der Waals surface area contributed by atoms with E-state index < -0.39 is 35.8 Å². The number of carbonyl (C=O) groups is 3. The van der Waals surface area contributed by atoms with Crippen LogP contribution in [0.15, 0.2) is 48.5 Å². The van der Waals surface area contributed by atoms with Crippen molar-refractivity contribution in [3.63, 3.8) is 0 Å². The molecule has 1 heterocycles. The van der Waals surface area contributed by atoms with Gasteiger partial charge in [-0.05, 0) is 68.1 Å². The minimum Gasteiger partial charge on any atom is -0.350 e. The lowest BCUT2D eigenvalue weighted by atomic mass is 9.92. The van der Waals surface area contributed by atoms with Crippen LogP contribution in [0.5, 0.6) is 0 Å². The molecule has 11 heteroatoms. The van der Waals surface area contributed by atoms with Gasteiger partial charge in [-0.3, -0.25) is 14.6 Å². The normalized spacial score (nSPS) is 22.0. The van der Waals surface area contributed by atoms with Crippen LogP contribution >= 0.6 is 0 Å². The molecule has 4 rings (SSSR count). The number of hydrogen-bond acceptors (Lipinski definition) is 4. The molecular formula is C24H28F2N6O3. The molecule has 5 amide bonds. The molecular weight excluding hydrogens is 458 g/mol. The number of anilines is 2. The summed E-state index contributed by atoms with van der Waals surface area (Å²) in [6, 6.07) is 9.34. The smallest absolute Gasteiger partial charge is 0.323 e. The lowest BCUT2D eigenvalue weighted by Crippen LogP contribution is -2.57. The first kappa shape index (κ1) is 24.4. The van der Waals surface area contributed by atoms with Crippen LogP contribution in [0.1, 0.15) is 25.7 Å². The van der Waals surface area contributed by atoms with Gasteiger partial charge in [0.1, 0.15) is 11.6 Å². The van der Waals surface area contributed by atoms with Crippen molar-refractivity contribution < 1.29 is 23.2 Å². The van der Waals surface area contributed by atoms with Crippen LogP contribution in [0.3, 0.4) is 0 Å². The van der Waals surface area contributed by atoms with Crippen LogP contribution in [0.4, 0.5) is 29.7 Å². The van der Waals surface area contributed by atoms with E-state index in [4.69, 9.17) is 5.73 Å². The number of nitrogens with zero attached hydrogens (tertiary/aromatic N) is 2. The summed E-state index contributed by atoms with van der Waals surface area (Å²) in [5.74, 6) is -1.46. The first-order valence-electron chi connectivity index (χ1n) is 11.5. The Kier molecular flexibility index (Phi) is 7.45. The molecule has 2 aliphatic rings. The summed E-state index contributed by atoms with van der Waals surface area (Å²) >= 11 is 0. The fourth-order valence-electron chi connectivity index (χ4n) is 4.37. The Bertz CT molecular complexity index is 1080. The minimum absolute atomic E-state index is 0.0889. The number of halogens is 2. The summed E-state index contributed by atoms with van der Waals surface area (Å²) in [4.78, 5) is 41.9. The Morgan fingerprint density at radius 3 is 2.00 bits per heavy atom. The van der Waals surface area contributed by atoms with Crippen molar-refractivity contribution in [1.82, 2.24) is 15.1 Å². The predicted molar refractivity (Wildman–Crippen MR) is 126 cm³/mol. The molecule has 0 bridgehead atoms. The first-order chi connectivity index (χ1) is 16.8. The highest BCUT2D eigenvalue weighted by Crippen LogP contribution is 2.22. The number of nitrogens with one attached hydrogen (secondary N) is 3. The first-order valence-corrected chi connectivity index (χ1v) is 11.5. The highest BCUT2D eigenvalue weighted by atomic mass is 19.1. The molecule has 0 spiro atoms. The highest BCUT2D eigenvalue weighted by Gasteiger charge is 2.43. The van der Waals surface area contributed by atoms with Crippen molar-refractivity contribution in [3.05, 3.63) is 60.2 Å². The number of carbonyl (C=O) groups excluding carboxylic acids is 3. The zero-order valence-electron chi connectivity index (χ0n) is 19.0. The standard InChI is InChI=1S/C24H28F2N6O3/c25-15-4-8-19(9-5-15)29-23(34)31-12-13-32(24(35)30-20-3-1-2-16(26)14-20)22(31)21(33)28-18-10-6-17(27)7-11-18/h1-5,8-9,14,17-18,22H,6-7,10-13,27H2,(H,28,33)(H,29,34)(H,30,35). The van der Waals surface area contributed by atoms with E-state index in [0.29, 0.717) is 18.5 Å². The van der Waals surface area contributed by atoms with Crippen molar-refractivity contribution in [2.45, 2.75) is 43.9 Å². The van der Waals surface area contributed by atoms with Crippen molar-refractivity contribution in [2.75, 3.05) is 23.7 Å². The number of nitrogens with two attached hydrogens (primary N) is 1. The maximum Gasteiger partial charge on any atom is 0.323 e. The van der Waals surface area contributed by atoms with Crippen molar-refractivity contribution >= 4 is 29.3 Å². The molecule has 9 nitrogen and oxygen atoms in total. The summed E-state index contributed by atoms with van der Waals surface area (Å²) in [5, 5.41) is 8.17. The summed E-state index contributed by atoms with van der Waals surface area (Å²) < 4.78 is 26.8. The average Bonchev–Trinajstić information content (AvgIpc) is 3.28. The molecule has 1 atom stereocenters. The highest BCUT2D eigenvalue weighted by molar-refractivity contribution is 5.98. The van der Waals surface area contributed by atoms with Gasteiger partial charge in [-0.15, -0.1) is 0 Å². The molecule has 2 fully saturated rings. The van der Waals surface area contributed by atoms with Gasteiger partial charge in [-0.2, -0.15) is 0 Å². The molecule has 1 saturated carbocycles. The second-order valence-electron chi connectivity index (χ2n) is 8.76. The van der Waals surface area contributed by atoms with Gasteiger partial charge in [-0.1, -0.05) is 6.07 Å². The van der Waals surface area contributed by atoms with Gasteiger partial charge in [0.25, 0.3) is 5.91 Å². The van der Waals surface area contributed by atoms with Crippen LogP contribution in [0.2, 0.25) is 0 Å². The summed E-state index contributed by atoms with van der Waals surface area (Å²) in [6.07, 6.45) is 1.73. The molecule has 1 aliphatic carbocycles. The molecule has 186 valence electrons. The topological polar surface area (TPSA) is 120 Å². The molecule has 1 aliphatic heterocycles. The molecule has 2 aromatic rings. The van der Waals surface area contributed by atoms with E-state index in [-0.39, 0.29) is 30.9 Å². The molecule has 35 heavy (non-hydrogen) atoms. The van der Waals surface area contributed by atoms with E-state index in [0.717, 1.165) is 18.9 Å². The third-order valence-electron chi connectivity index (χ3n) is 6.22. The van der Waals surface area contributed by atoms with Gasteiger partial charge >= 0.3 is 12.1 Å². The van der Waals surface area contributed by atoms with Gasteiger partial charge in [0.2, 0.25) is 0 Å². The van der Waals surface area contributed by atoms with Crippen LogP contribution in [0.25, 0.3) is 0 Å². The number of amides is 5. The zero-order chi connectivity index (χ0) is 24.9. The Morgan fingerprint density at radius 1 is 0.800 bits per heavy atom. The molecule has 5 N–H and O–H groups in total. The van der Waals surface area contributed by atoms with Crippen molar-refractivity contribution in [3.8, 4) is 0 Å². The second kappa shape index (κ2) is 10.7. The molecule has 0 radical (unpaired) electrons. The van der Waals surface area contributed by atoms with E-state index in [2.05, 4.69) is 16.0 Å². The van der Waals surface area contributed by atoms with Gasteiger partial charge in [-0.25, -0.2) is 18.4 Å². The Morgan fingerprint density at radius 2 is 1.40 bits per heavy atom. The van der Waals surface area contributed by atoms with Crippen LogP contribution < -0.4 is 21.7 Å². The van der Waals surface area contributed by atoms with E-state index in [1.807, 2.05) is 0 Å². The largest absolute Gasteiger partial charge is 0.350 e.